The Morgan fingerprint density at radius 1 is 0.865 bits per heavy atom. The van der Waals surface area contributed by atoms with Gasteiger partial charge < -0.3 is 15.7 Å². The first-order chi connectivity index (χ1) is 17.8. The monoisotopic (exact) mass is 496 g/mol. The van der Waals surface area contributed by atoms with E-state index in [0.717, 1.165) is 34.7 Å². The molecule has 37 heavy (non-hydrogen) atoms. The minimum absolute atomic E-state index is 0.0800. The molecule has 0 aromatic heterocycles. The van der Waals surface area contributed by atoms with E-state index in [0.29, 0.717) is 5.69 Å². The SMILES string of the molecule is CC1CC2CC(C1)CC(C)(c1ccc(Nc3ccc(CC(=O)Nc4ccccc4C(=O)O)cc3)cc1)C2. The van der Waals surface area contributed by atoms with Gasteiger partial charge in [-0.2, -0.15) is 0 Å². The van der Waals surface area contributed by atoms with E-state index in [4.69, 9.17) is 0 Å². The molecule has 0 saturated heterocycles. The fraction of sp³-hybridized carbons (Fsp3) is 0.375. The van der Waals surface area contributed by atoms with Crippen LogP contribution in [0.2, 0.25) is 0 Å². The van der Waals surface area contributed by atoms with Gasteiger partial charge in [-0.1, -0.05) is 50.2 Å². The Kier molecular flexibility index (Phi) is 7.05. The van der Waals surface area contributed by atoms with Crippen LogP contribution < -0.4 is 10.6 Å². The third kappa shape index (κ3) is 5.87. The van der Waals surface area contributed by atoms with Crippen molar-refractivity contribution in [2.75, 3.05) is 10.6 Å². The van der Waals surface area contributed by atoms with Gasteiger partial charge >= 0.3 is 5.97 Å². The molecule has 0 radical (unpaired) electrons. The van der Waals surface area contributed by atoms with Crippen LogP contribution in [0.3, 0.4) is 0 Å². The maximum atomic E-state index is 12.5. The molecule has 5 nitrogen and oxygen atoms in total. The van der Waals surface area contributed by atoms with Gasteiger partial charge in [-0.15, -0.1) is 0 Å². The molecule has 2 aliphatic carbocycles. The molecule has 3 aromatic carbocycles. The van der Waals surface area contributed by atoms with Crippen LogP contribution in [0.25, 0.3) is 0 Å². The Hall–Kier alpha value is -3.60. The maximum absolute atomic E-state index is 12.5. The van der Waals surface area contributed by atoms with E-state index in [2.05, 4.69) is 48.7 Å². The molecule has 3 N–H and O–H groups in total. The molecule has 2 atom stereocenters. The van der Waals surface area contributed by atoms with Gasteiger partial charge in [0.2, 0.25) is 5.91 Å². The van der Waals surface area contributed by atoms with Crippen molar-refractivity contribution in [3.63, 3.8) is 0 Å². The maximum Gasteiger partial charge on any atom is 0.337 e. The number of para-hydroxylation sites is 1. The van der Waals surface area contributed by atoms with Crippen LogP contribution >= 0.6 is 0 Å². The van der Waals surface area contributed by atoms with E-state index >= 15 is 0 Å². The number of aromatic carboxylic acids is 1. The van der Waals surface area contributed by atoms with Crippen molar-refractivity contribution in [3.8, 4) is 0 Å². The molecule has 2 saturated carbocycles. The average Bonchev–Trinajstić information content (AvgIpc) is 2.85. The standard InChI is InChI=1S/C32H36N2O3/c1-21-15-23-17-24(16-21)20-32(2,19-23)25-9-13-27(14-10-25)33-26-11-7-22(8-12-26)18-30(35)34-29-6-4-3-5-28(29)31(36)37/h3-14,21,23-24,33H,15-20H2,1-2H3,(H,34,35)(H,36,37). The summed E-state index contributed by atoms with van der Waals surface area (Å²) >= 11 is 0. The summed E-state index contributed by atoms with van der Waals surface area (Å²) in [4.78, 5) is 23.8. The number of anilines is 3. The number of rotatable bonds is 7. The van der Waals surface area contributed by atoms with Crippen molar-refractivity contribution in [2.24, 2.45) is 17.8 Å². The van der Waals surface area contributed by atoms with Crippen molar-refractivity contribution in [3.05, 3.63) is 89.5 Å². The van der Waals surface area contributed by atoms with Gasteiger partial charge in [0.05, 0.1) is 17.7 Å². The molecule has 2 bridgehead atoms. The second-order valence-electron chi connectivity index (χ2n) is 11.5. The number of hydrogen-bond donors (Lipinski definition) is 3. The van der Waals surface area contributed by atoms with Crippen LogP contribution in [0.4, 0.5) is 17.1 Å². The lowest BCUT2D eigenvalue weighted by atomic mass is 9.57. The molecular weight excluding hydrogens is 460 g/mol. The Labute approximate surface area is 219 Å². The number of fused-ring (bicyclic) bond motifs is 2. The summed E-state index contributed by atoms with van der Waals surface area (Å²) in [7, 11) is 0. The number of hydrogen-bond acceptors (Lipinski definition) is 3. The smallest absolute Gasteiger partial charge is 0.337 e. The Morgan fingerprint density at radius 2 is 1.46 bits per heavy atom. The van der Waals surface area contributed by atoms with E-state index in [1.807, 2.05) is 24.3 Å². The van der Waals surface area contributed by atoms with Gasteiger partial charge in [0, 0.05) is 11.4 Å². The number of carboxylic acid groups (broad SMARTS) is 1. The van der Waals surface area contributed by atoms with Gasteiger partial charge in [-0.05, 0) is 103 Å². The normalized spacial score (nSPS) is 24.8. The molecule has 0 spiro atoms. The van der Waals surface area contributed by atoms with E-state index in [1.54, 1.807) is 18.2 Å². The van der Waals surface area contributed by atoms with Crippen LogP contribution in [0.1, 0.15) is 67.4 Å². The molecule has 5 heteroatoms. The Balaban J connectivity index is 1.18. The number of benzene rings is 3. The first-order valence-electron chi connectivity index (χ1n) is 13.4. The minimum Gasteiger partial charge on any atom is -0.478 e. The fourth-order valence-corrected chi connectivity index (χ4v) is 6.81. The molecular formula is C32H36N2O3. The summed E-state index contributed by atoms with van der Waals surface area (Å²) in [6, 6.07) is 23.1. The average molecular weight is 497 g/mol. The predicted molar refractivity (Wildman–Crippen MR) is 148 cm³/mol. The molecule has 3 aromatic rings. The lowest BCUT2D eigenvalue weighted by molar-refractivity contribution is -0.115. The quantitative estimate of drug-likeness (QED) is 0.318. The highest BCUT2D eigenvalue weighted by Gasteiger charge is 2.41. The summed E-state index contributed by atoms with van der Waals surface area (Å²) in [6.07, 6.45) is 6.97. The zero-order chi connectivity index (χ0) is 26.0. The Bertz CT molecular complexity index is 1250. The largest absolute Gasteiger partial charge is 0.478 e. The van der Waals surface area contributed by atoms with Crippen LogP contribution in [0.15, 0.2) is 72.8 Å². The number of carbonyl (C=O) groups is 2. The lowest BCUT2D eigenvalue weighted by Crippen LogP contribution is -2.38. The summed E-state index contributed by atoms with van der Waals surface area (Å²) in [6.45, 7) is 4.88. The topological polar surface area (TPSA) is 78.4 Å². The van der Waals surface area contributed by atoms with Gasteiger partial charge in [-0.25, -0.2) is 4.79 Å². The lowest BCUT2D eigenvalue weighted by Gasteiger charge is -2.47. The van der Waals surface area contributed by atoms with E-state index in [9.17, 15) is 14.7 Å². The van der Waals surface area contributed by atoms with Crippen LogP contribution in [0.5, 0.6) is 0 Å². The predicted octanol–water partition coefficient (Wildman–Crippen LogP) is 7.41. The van der Waals surface area contributed by atoms with E-state index in [1.165, 1.54) is 43.7 Å². The number of carbonyl (C=O) groups excluding carboxylic acids is 1. The second kappa shape index (κ2) is 10.4. The summed E-state index contributed by atoms with van der Waals surface area (Å²) < 4.78 is 0. The van der Waals surface area contributed by atoms with Crippen molar-refractivity contribution < 1.29 is 14.7 Å². The van der Waals surface area contributed by atoms with Crippen molar-refractivity contribution in [1.82, 2.24) is 0 Å². The third-order valence-electron chi connectivity index (χ3n) is 8.24. The highest BCUT2D eigenvalue weighted by molar-refractivity contribution is 6.01. The van der Waals surface area contributed by atoms with Crippen molar-refractivity contribution in [1.29, 1.82) is 0 Å². The van der Waals surface area contributed by atoms with E-state index in [-0.39, 0.29) is 23.3 Å². The second-order valence-corrected chi connectivity index (χ2v) is 11.5. The molecule has 0 heterocycles. The molecule has 2 unspecified atom stereocenters. The van der Waals surface area contributed by atoms with Gasteiger partial charge in [0.25, 0.3) is 0 Å². The van der Waals surface area contributed by atoms with Gasteiger partial charge in [-0.3, -0.25) is 4.79 Å². The first kappa shape index (κ1) is 25.1. The minimum atomic E-state index is -1.07. The molecule has 2 fully saturated rings. The molecule has 1 amide bonds. The molecule has 0 aliphatic heterocycles. The van der Waals surface area contributed by atoms with Crippen LogP contribution in [-0.2, 0) is 16.6 Å². The molecule has 192 valence electrons. The van der Waals surface area contributed by atoms with E-state index < -0.39 is 5.97 Å². The third-order valence-corrected chi connectivity index (χ3v) is 8.24. The summed E-state index contributed by atoms with van der Waals surface area (Å²) in [5.74, 6) is 1.31. The number of carboxylic acids is 1. The van der Waals surface area contributed by atoms with Crippen LogP contribution in [-0.4, -0.2) is 17.0 Å². The fourth-order valence-electron chi connectivity index (χ4n) is 6.81. The zero-order valence-electron chi connectivity index (χ0n) is 21.7. The number of amides is 1. The highest BCUT2D eigenvalue weighted by atomic mass is 16.4. The summed E-state index contributed by atoms with van der Waals surface area (Å²) in [5.41, 5.74) is 4.98. The van der Waals surface area contributed by atoms with Gasteiger partial charge in [0.15, 0.2) is 0 Å². The van der Waals surface area contributed by atoms with Crippen molar-refractivity contribution in [2.45, 2.75) is 57.8 Å². The zero-order valence-corrected chi connectivity index (χ0v) is 21.7. The van der Waals surface area contributed by atoms with Gasteiger partial charge in [0.1, 0.15) is 0 Å². The first-order valence-corrected chi connectivity index (χ1v) is 13.4. The molecule has 5 rings (SSSR count). The van der Waals surface area contributed by atoms with Crippen LogP contribution in [0, 0.1) is 17.8 Å². The van der Waals surface area contributed by atoms with Crippen molar-refractivity contribution >= 4 is 28.9 Å². The highest BCUT2D eigenvalue weighted by Crippen LogP contribution is 2.51. The molecule has 2 aliphatic rings. The Morgan fingerprint density at radius 3 is 2.08 bits per heavy atom. The summed E-state index contributed by atoms with van der Waals surface area (Å²) in [5, 5.41) is 15.5. The number of nitrogens with one attached hydrogen (secondary N) is 2.